The molecule has 4 bridgehead atoms. The van der Waals surface area contributed by atoms with Gasteiger partial charge in [0.15, 0.2) is 0 Å². The van der Waals surface area contributed by atoms with E-state index >= 15 is 0 Å². The van der Waals surface area contributed by atoms with Crippen molar-refractivity contribution >= 4 is 24.1 Å². The van der Waals surface area contributed by atoms with Gasteiger partial charge in [-0.2, -0.15) is 0 Å². The second-order valence-corrected chi connectivity index (χ2v) is 14.1. The second-order valence-electron chi connectivity index (χ2n) is 14.1. The van der Waals surface area contributed by atoms with E-state index in [-0.39, 0.29) is 49.3 Å². The highest BCUT2D eigenvalue weighted by molar-refractivity contribution is 5.71. The zero-order valence-corrected chi connectivity index (χ0v) is 29.7. The molecule has 6 saturated heterocycles. The third-order valence-corrected chi connectivity index (χ3v) is 10.5. The lowest BCUT2D eigenvalue weighted by molar-refractivity contribution is -0.157. The van der Waals surface area contributed by atoms with Crippen molar-refractivity contribution in [2.45, 2.75) is 153 Å². The number of carbonyl (C=O) groups excluding carboxylic acids is 4. The van der Waals surface area contributed by atoms with Crippen molar-refractivity contribution in [2.24, 2.45) is 0 Å². The van der Waals surface area contributed by atoms with Crippen LogP contribution in [0, 0.1) is 0 Å². The molecule has 0 radical (unpaired) electrons. The van der Waals surface area contributed by atoms with E-state index in [0.29, 0.717) is 38.5 Å². The lowest BCUT2D eigenvalue weighted by Crippen LogP contribution is -2.56. The first-order valence-corrected chi connectivity index (χ1v) is 18.7. The predicted molar refractivity (Wildman–Crippen MR) is 188 cm³/mol. The van der Waals surface area contributed by atoms with Crippen molar-refractivity contribution in [3.8, 4) is 0 Å². The molecule has 0 aromatic heterocycles. The molecule has 6 heterocycles. The van der Waals surface area contributed by atoms with Gasteiger partial charge < -0.3 is 18.9 Å². The summed E-state index contributed by atoms with van der Waals surface area (Å²) in [7, 11) is 0. The first kappa shape index (κ1) is 37.2. The fourth-order valence-electron chi connectivity index (χ4n) is 7.70. The first-order valence-electron chi connectivity index (χ1n) is 18.7. The van der Waals surface area contributed by atoms with Crippen molar-refractivity contribution in [3.63, 3.8) is 0 Å². The molecular weight excluding hydrogens is 636 g/mol. The van der Waals surface area contributed by atoms with Crippen molar-refractivity contribution in [1.82, 2.24) is 9.80 Å². The topological polar surface area (TPSA) is 112 Å². The number of rotatable bonds is 4. The molecule has 0 N–H and O–H groups in total. The molecule has 50 heavy (non-hydrogen) atoms. The van der Waals surface area contributed by atoms with Crippen molar-refractivity contribution in [2.75, 3.05) is 0 Å². The molecule has 0 unspecified atom stereocenters. The van der Waals surface area contributed by atoms with E-state index in [9.17, 15) is 19.2 Å². The summed E-state index contributed by atoms with van der Waals surface area (Å²) in [4.78, 5) is 56.5. The second kappa shape index (κ2) is 18.8. The van der Waals surface area contributed by atoms with Crippen LogP contribution in [0.3, 0.4) is 0 Å². The van der Waals surface area contributed by atoms with Gasteiger partial charge in [0.05, 0.1) is 12.1 Å². The van der Waals surface area contributed by atoms with Crippen LogP contribution in [0.25, 0.3) is 0 Å². The summed E-state index contributed by atoms with van der Waals surface area (Å²) in [6.45, 7) is 4.23. The van der Waals surface area contributed by atoms with Gasteiger partial charge in [0, 0.05) is 24.9 Å². The highest BCUT2D eigenvalue weighted by Gasteiger charge is 2.41. The minimum absolute atomic E-state index is 0.0447. The third-order valence-electron chi connectivity index (χ3n) is 10.5. The van der Waals surface area contributed by atoms with Crippen LogP contribution in [0.1, 0.15) is 115 Å². The molecule has 2 aromatic rings. The Bertz CT molecular complexity index is 1280. The lowest BCUT2D eigenvalue weighted by Gasteiger charge is -2.44. The van der Waals surface area contributed by atoms with Crippen LogP contribution >= 0.6 is 0 Å². The van der Waals surface area contributed by atoms with Crippen LogP contribution in [0.2, 0.25) is 0 Å². The van der Waals surface area contributed by atoms with Gasteiger partial charge in [-0.1, -0.05) is 86.3 Å². The maximum absolute atomic E-state index is 13.5. The number of hydrogen-bond donors (Lipinski definition) is 0. The predicted octanol–water partition coefficient (Wildman–Crippen LogP) is 8.10. The van der Waals surface area contributed by atoms with E-state index in [4.69, 9.17) is 18.9 Å². The summed E-state index contributed by atoms with van der Waals surface area (Å²) in [5.74, 6) is -0.496. The Morgan fingerprint density at radius 3 is 1.38 bits per heavy atom. The first-order chi connectivity index (χ1) is 24.3. The zero-order chi connectivity index (χ0) is 35.3. The van der Waals surface area contributed by atoms with Crippen molar-refractivity contribution in [1.29, 1.82) is 0 Å². The summed E-state index contributed by atoms with van der Waals surface area (Å²) < 4.78 is 23.5. The number of carbonyl (C=O) groups is 4. The molecule has 2 aromatic carbocycles. The fourth-order valence-corrected chi connectivity index (χ4v) is 7.70. The van der Waals surface area contributed by atoms with Gasteiger partial charge in [-0.15, -0.1) is 0 Å². The fraction of sp³-hybridized carbons (Fsp3) is 0.600. The number of amides is 2. The molecular formula is C40H54N2O8. The van der Waals surface area contributed by atoms with Gasteiger partial charge in [-0.05, 0) is 76.3 Å². The molecule has 0 spiro atoms. The van der Waals surface area contributed by atoms with Gasteiger partial charge in [-0.25, -0.2) is 9.59 Å². The number of ether oxygens (including phenoxy) is 4. The van der Waals surface area contributed by atoms with Crippen LogP contribution in [0.4, 0.5) is 9.59 Å². The van der Waals surface area contributed by atoms with Crippen LogP contribution in [-0.4, -0.2) is 70.3 Å². The maximum Gasteiger partial charge on any atom is 0.410 e. The van der Waals surface area contributed by atoms with Crippen molar-refractivity contribution < 1.29 is 38.1 Å². The normalized spacial score (nSPS) is 27.3. The average Bonchev–Trinajstić information content (AvgIpc) is 3.12. The summed E-state index contributed by atoms with van der Waals surface area (Å²) in [5.41, 5.74) is 1.82. The number of benzene rings is 2. The van der Waals surface area contributed by atoms with Crippen LogP contribution < -0.4 is 0 Å². The molecule has 272 valence electrons. The van der Waals surface area contributed by atoms with E-state index in [0.717, 1.165) is 62.5 Å². The standard InChI is InChI=1S/C40H54N2O8/c1-29-35-25-23-33(41(29)39(45)47-27-31-15-7-3-8-16-31)19-11-5-14-22-38(44)50-36-26-24-34(20-12-6-13-21-37(43)49-35)42(30(36)2)40(46)48-28-32-17-9-4-10-18-32/h3-4,7-10,15-18,29-30,33-36H,5-6,11-14,19-28H2,1-2H3/t29-,30-,33+,34+,35-,36-/m0/s1. The number of hydrogen-bond acceptors (Lipinski definition) is 8. The van der Waals surface area contributed by atoms with Gasteiger partial charge in [0.1, 0.15) is 25.4 Å². The average molecular weight is 691 g/mol. The van der Waals surface area contributed by atoms with E-state index < -0.39 is 24.4 Å². The lowest BCUT2D eigenvalue weighted by atomic mass is 9.90. The summed E-state index contributed by atoms with van der Waals surface area (Å²) in [5, 5.41) is 0. The Kier molecular flexibility index (Phi) is 14.0. The maximum atomic E-state index is 13.5. The van der Waals surface area contributed by atoms with Gasteiger partial charge in [-0.3, -0.25) is 19.4 Å². The number of piperidine rings is 2. The van der Waals surface area contributed by atoms with E-state index in [2.05, 4.69) is 0 Å². The Hall–Kier alpha value is -4.08. The Morgan fingerprint density at radius 2 is 0.980 bits per heavy atom. The largest absolute Gasteiger partial charge is 0.460 e. The molecule has 2 amide bonds. The molecule has 6 fully saturated rings. The van der Waals surface area contributed by atoms with Crippen LogP contribution in [-0.2, 0) is 41.8 Å². The van der Waals surface area contributed by atoms with Gasteiger partial charge in [0.2, 0.25) is 0 Å². The summed E-state index contributed by atoms with van der Waals surface area (Å²) in [6.07, 6.45) is 7.98. The van der Waals surface area contributed by atoms with E-state index in [1.54, 1.807) is 9.80 Å². The van der Waals surface area contributed by atoms with Gasteiger partial charge in [0.25, 0.3) is 0 Å². The van der Waals surface area contributed by atoms with E-state index in [1.807, 2.05) is 74.5 Å². The molecule has 10 heteroatoms. The van der Waals surface area contributed by atoms with Gasteiger partial charge >= 0.3 is 24.1 Å². The zero-order valence-electron chi connectivity index (χ0n) is 29.7. The Labute approximate surface area is 296 Å². The Balaban J connectivity index is 1.22. The van der Waals surface area contributed by atoms with Crippen LogP contribution in [0.5, 0.6) is 0 Å². The molecule has 0 aliphatic carbocycles. The molecule has 6 aliphatic heterocycles. The smallest absolute Gasteiger partial charge is 0.410 e. The molecule has 0 saturated carbocycles. The van der Waals surface area contributed by atoms with Crippen molar-refractivity contribution in [3.05, 3.63) is 71.8 Å². The number of esters is 2. The summed E-state index contributed by atoms with van der Waals surface area (Å²) in [6, 6.07) is 18.5. The third kappa shape index (κ3) is 10.5. The highest BCUT2D eigenvalue weighted by atomic mass is 16.6. The quantitative estimate of drug-likeness (QED) is 0.234. The molecule has 6 aliphatic rings. The summed E-state index contributed by atoms with van der Waals surface area (Å²) >= 11 is 0. The van der Waals surface area contributed by atoms with Crippen LogP contribution in [0.15, 0.2) is 60.7 Å². The van der Waals surface area contributed by atoms with E-state index in [1.165, 1.54) is 0 Å². The Morgan fingerprint density at radius 1 is 0.580 bits per heavy atom. The minimum atomic E-state index is -0.400. The molecule has 10 nitrogen and oxygen atoms in total. The molecule has 6 atom stereocenters. The number of nitrogens with zero attached hydrogens (tertiary/aromatic N) is 2. The minimum Gasteiger partial charge on any atom is -0.460 e. The monoisotopic (exact) mass is 690 g/mol. The molecule has 8 rings (SSSR count). The highest BCUT2D eigenvalue weighted by Crippen LogP contribution is 2.32. The SMILES string of the molecule is C[C@H]1[C@@H]2CC[C@@H](CCCCCC(=O)O[C@H]3CC[C@@H](CCCCCC(=O)O2)N(C(=O)OCc2ccccc2)[C@H]3C)N1C(=O)OCc1ccccc1.